The van der Waals surface area contributed by atoms with Crippen molar-refractivity contribution in [3.63, 3.8) is 0 Å². The molecule has 0 aromatic carbocycles. The molecule has 1 aliphatic rings. The largest absolute Gasteiger partial charge is 0.380 e. The van der Waals surface area contributed by atoms with Gasteiger partial charge in [0.15, 0.2) is 0 Å². The fourth-order valence-corrected chi connectivity index (χ4v) is 2.23. The molecule has 1 fully saturated rings. The van der Waals surface area contributed by atoms with Crippen molar-refractivity contribution in [3.05, 3.63) is 0 Å². The SMILES string of the molecule is CCC1(C)NC(C)N(CCOCCC(C)C)C1=O. The van der Waals surface area contributed by atoms with Crippen LogP contribution in [0.3, 0.4) is 0 Å². The van der Waals surface area contributed by atoms with Crippen molar-refractivity contribution in [1.29, 1.82) is 0 Å². The van der Waals surface area contributed by atoms with E-state index in [2.05, 4.69) is 19.2 Å². The van der Waals surface area contributed by atoms with E-state index in [0.29, 0.717) is 19.1 Å². The van der Waals surface area contributed by atoms with Crippen LogP contribution in [0.25, 0.3) is 0 Å². The molecular weight excluding hydrogens is 228 g/mol. The van der Waals surface area contributed by atoms with Crippen molar-refractivity contribution in [2.45, 2.75) is 59.2 Å². The predicted octanol–water partition coefficient (Wildman–Crippen LogP) is 2.00. The molecule has 0 saturated carbocycles. The normalized spacial score (nSPS) is 28.4. The number of rotatable bonds is 7. The van der Waals surface area contributed by atoms with Crippen LogP contribution < -0.4 is 5.32 Å². The Labute approximate surface area is 111 Å². The molecule has 1 aliphatic heterocycles. The van der Waals surface area contributed by atoms with Crippen LogP contribution in [-0.4, -0.2) is 42.3 Å². The summed E-state index contributed by atoms with van der Waals surface area (Å²) in [7, 11) is 0. The molecule has 2 unspecified atom stereocenters. The highest BCUT2D eigenvalue weighted by Crippen LogP contribution is 2.22. The number of carbonyl (C=O) groups excluding carboxylic acids is 1. The highest BCUT2D eigenvalue weighted by molar-refractivity contribution is 5.88. The summed E-state index contributed by atoms with van der Waals surface area (Å²) in [5.41, 5.74) is -0.392. The fraction of sp³-hybridized carbons (Fsp3) is 0.929. The van der Waals surface area contributed by atoms with Crippen molar-refractivity contribution >= 4 is 5.91 Å². The van der Waals surface area contributed by atoms with E-state index in [-0.39, 0.29) is 12.1 Å². The summed E-state index contributed by atoms with van der Waals surface area (Å²) in [5.74, 6) is 0.868. The summed E-state index contributed by atoms with van der Waals surface area (Å²) in [6, 6.07) is 0. The molecule has 106 valence electrons. The molecule has 0 radical (unpaired) electrons. The van der Waals surface area contributed by atoms with Gasteiger partial charge in [-0.3, -0.25) is 10.1 Å². The number of ether oxygens (including phenoxy) is 1. The molecule has 0 aromatic heterocycles. The summed E-state index contributed by atoms with van der Waals surface area (Å²) in [4.78, 5) is 14.1. The third-order valence-electron chi connectivity index (χ3n) is 3.75. The number of hydrogen-bond acceptors (Lipinski definition) is 3. The minimum absolute atomic E-state index is 0.108. The van der Waals surface area contributed by atoms with Gasteiger partial charge in [-0.1, -0.05) is 20.8 Å². The smallest absolute Gasteiger partial charge is 0.243 e. The van der Waals surface area contributed by atoms with Gasteiger partial charge in [-0.05, 0) is 32.6 Å². The van der Waals surface area contributed by atoms with Crippen LogP contribution >= 0.6 is 0 Å². The van der Waals surface area contributed by atoms with Gasteiger partial charge < -0.3 is 9.64 Å². The monoisotopic (exact) mass is 256 g/mol. The van der Waals surface area contributed by atoms with Crippen LogP contribution in [-0.2, 0) is 9.53 Å². The zero-order chi connectivity index (χ0) is 13.8. The van der Waals surface area contributed by atoms with E-state index in [4.69, 9.17) is 4.74 Å². The molecule has 0 aliphatic carbocycles. The molecule has 0 bridgehead atoms. The van der Waals surface area contributed by atoms with Crippen LogP contribution in [0, 0.1) is 5.92 Å². The Hall–Kier alpha value is -0.610. The van der Waals surface area contributed by atoms with Crippen molar-refractivity contribution in [2.24, 2.45) is 5.92 Å². The summed E-state index contributed by atoms with van der Waals surface area (Å²) in [6.07, 6.45) is 2.01. The number of nitrogens with one attached hydrogen (secondary N) is 1. The minimum Gasteiger partial charge on any atom is -0.380 e. The van der Waals surface area contributed by atoms with Gasteiger partial charge in [-0.15, -0.1) is 0 Å². The van der Waals surface area contributed by atoms with E-state index in [1.807, 2.05) is 25.7 Å². The second-order valence-corrected chi connectivity index (χ2v) is 5.80. The van der Waals surface area contributed by atoms with Crippen LogP contribution in [0.2, 0.25) is 0 Å². The van der Waals surface area contributed by atoms with Gasteiger partial charge in [0.05, 0.1) is 18.3 Å². The highest BCUT2D eigenvalue weighted by atomic mass is 16.5. The number of carbonyl (C=O) groups is 1. The summed E-state index contributed by atoms with van der Waals surface area (Å²) >= 11 is 0. The fourth-order valence-electron chi connectivity index (χ4n) is 2.23. The summed E-state index contributed by atoms with van der Waals surface area (Å²) in [6.45, 7) is 12.5. The standard InChI is InChI=1S/C14H28N2O2/c1-6-14(5)13(17)16(12(4)15-14)8-10-18-9-7-11(2)3/h11-12,15H,6-10H2,1-5H3. The maximum absolute atomic E-state index is 12.2. The van der Waals surface area contributed by atoms with Crippen LogP contribution in [0.5, 0.6) is 0 Å². The first-order valence-corrected chi connectivity index (χ1v) is 7.07. The first-order chi connectivity index (χ1) is 8.40. The van der Waals surface area contributed by atoms with Gasteiger partial charge in [0, 0.05) is 13.2 Å². The Morgan fingerprint density at radius 3 is 2.61 bits per heavy atom. The second kappa shape index (κ2) is 6.53. The topological polar surface area (TPSA) is 41.6 Å². The molecule has 1 saturated heterocycles. The lowest BCUT2D eigenvalue weighted by molar-refractivity contribution is -0.133. The van der Waals surface area contributed by atoms with Gasteiger partial charge in [0.2, 0.25) is 5.91 Å². The van der Waals surface area contributed by atoms with Crippen LogP contribution in [0.1, 0.15) is 47.5 Å². The highest BCUT2D eigenvalue weighted by Gasteiger charge is 2.44. The third kappa shape index (κ3) is 3.69. The average Bonchev–Trinajstić information content (AvgIpc) is 2.52. The Morgan fingerprint density at radius 1 is 1.44 bits per heavy atom. The lowest BCUT2D eigenvalue weighted by Gasteiger charge is -2.21. The van der Waals surface area contributed by atoms with Gasteiger partial charge in [-0.25, -0.2) is 0 Å². The van der Waals surface area contributed by atoms with Gasteiger partial charge in [-0.2, -0.15) is 0 Å². The lowest BCUT2D eigenvalue weighted by Crippen LogP contribution is -2.43. The van der Waals surface area contributed by atoms with Crippen molar-refractivity contribution in [2.75, 3.05) is 19.8 Å². The van der Waals surface area contributed by atoms with E-state index in [1.165, 1.54) is 0 Å². The molecule has 2 atom stereocenters. The lowest BCUT2D eigenvalue weighted by atomic mass is 9.99. The van der Waals surface area contributed by atoms with Gasteiger partial charge in [0.1, 0.15) is 0 Å². The summed E-state index contributed by atoms with van der Waals surface area (Å²) in [5, 5.41) is 3.36. The maximum Gasteiger partial charge on any atom is 0.243 e. The van der Waals surface area contributed by atoms with Crippen molar-refractivity contribution in [1.82, 2.24) is 10.2 Å². The van der Waals surface area contributed by atoms with Gasteiger partial charge >= 0.3 is 0 Å². The first-order valence-electron chi connectivity index (χ1n) is 7.07. The molecule has 4 nitrogen and oxygen atoms in total. The minimum atomic E-state index is -0.392. The Morgan fingerprint density at radius 2 is 2.11 bits per heavy atom. The van der Waals surface area contributed by atoms with Gasteiger partial charge in [0.25, 0.3) is 0 Å². The van der Waals surface area contributed by atoms with E-state index < -0.39 is 5.54 Å². The zero-order valence-electron chi connectivity index (χ0n) is 12.5. The Bertz CT molecular complexity index is 281. The van der Waals surface area contributed by atoms with Crippen molar-refractivity contribution in [3.8, 4) is 0 Å². The predicted molar refractivity (Wildman–Crippen MR) is 73.3 cm³/mol. The van der Waals surface area contributed by atoms with E-state index in [0.717, 1.165) is 19.4 Å². The first kappa shape index (κ1) is 15.4. The number of amides is 1. The quantitative estimate of drug-likeness (QED) is 0.708. The van der Waals surface area contributed by atoms with E-state index >= 15 is 0 Å². The zero-order valence-corrected chi connectivity index (χ0v) is 12.5. The molecule has 18 heavy (non-hydrogen) atoms. The number of hydrogen-bond donors (Lipinski definition) is 1. The maximum atomic E-state index is 12.2. The molecule has 1 heterocycles. The van der Waals surface area contributed by atoms with Crippen LogP contribution in [0.4, 0.5) is 0 Å². The molecule has 1 amide bonds. The summed E-state index contributed by atoms with van der Waals surface area (Å²) < 4.78 is 5.58. The molecular formula is C14H28N2O2. The average molecular weight is 256 g/mol. The Kier molecular flexibility index (Phi) is 5.60. The number of nitrogens with zero attached hydrogens (tertiary/aromatic N) is 1. The van der Waals surface area contributed by atoms with Crippen molar-refractivity contribution < 1.29 is 9.53 Å². The molecule has 1 N–H and O–H groups in total. The molecule has 1 rings (SSSR count). The van der Waals surface area contributed by atoms with E-state index in [1.54, 1.807) is 0 Å². The second-order valence-electron chi connectivity index (χ2n) is 5.80. The van der Waals surface area contributed by atoms with Crippen LogP contribution in [0.15, 0.2) is 0 Å². The molecule has 4 heteroatoms. The molecule has 0 aromatic rings. The Balaban J connectivity index is 2.32. The third-order valence-corrected chi connectivity index (χ3v) is 3.75. The van der Waals surface area contributed by atoms with E-state index in [9.17, 15) is 4.79 Å². The molecule has 0 spiro atoms.